The van der Waals surface area contributed by atoms with Crippen molar-refractivity contribution < 1.29 is 0 Å². The van der Waals surface area contributed by atoms with Crippen LogP contribution in [0.1, 0.15) is 40.5 Å². The second-order valence-corrected chi connectivity index (χ2v) is 4.56. The minimum Gasteiger partial charge on any atom is -0.309 e. The van der Waals surface area contributed by atoms with Crippen LogP contribution < -0.4 is 5.32 Å². The molecule has 60 valence electrons. The molecule has 2 unspecified atom stereocenters. The second-order valence-electron chi connectivity index (χ2n) is 4.56. The quantitative estimate of drug-likeness (QED) is 0.590. The number of rotatable bonds is 1. The van der Waals surface area contributed by atoms with E-state index in [1.807, 2.05) is 0 Å². The molecule has 0 radical (unpaired) electrons. The van der Waals surface area contributed by atoms with Crippen LogP contribution in [0.25, 0.3) is 0 Å². The molecule has 0 bridgehead atoms. The highest BCUT2D eigenvalue weighted by molar-refractivity contribution is 4.88. The maximum absolute atomic E-state index is 3.61. The summed E-state index contributed by atoms with van der Waals surface area (Å²) in [6.07, 6.45) is 2.78. The van der Waals surface area contributed by atoms with Crippen molar-refractivity contribution in [1.82, 2.24) is 5.32 Å². The molecular formula is C9H19N. The van der Waals surface area contributed by atoms with Crippen molar-refractivity contribution in [2.45, 2.75) is 52.1 Å². The Balaban J connectivity index is 2.26. The van der Waals surface area contributed by atoms with Crippen molar-refractivity contribution in [3.05, 3.63) is 0 Å². The monoisotopic (exact) mass is 141 g/mol. The summed E-state index contributed by atoms with van der Waals surface area (Å²) in [7, 11) is 0. The maximum Gasteiger partial charge on any atom is 0.00992 e. The highest BCUT2D eigenvalue weighted by Gasteiger charge is 2.29. The van der Waals surface area contributed by atoms with Crippen LogP contribution in [0.4, 0.5) is 0 Å². The van der Waals surface area contributed by atoms with E-state index in [4.69, 9.17) is 0 Å². The minimum absolute atomic E-state index is 0.305. The van der Waals surface area contributed by atoms with E-state index in [1.165, 1.54) is 12.8 Å². The lowest BCUT2D eigenvalue weighted by Crippen LogP contribution is -2.51. The molecule has 0 aromatic rings. The molecule has 1 fully saturated rings. The van der Waals surface area contributed by atoms with Crippen molar-refractivity contribution in [2.75, 3.05) is 0 Å². The van der Waals surface area contributed by atoms with E-state index in [1.54, 1.807) is 0 Å². The van der Waals surface area contributed by atoms with Crippen molar-refractivity contribution in [3.8, 4) is 0 Å². The third kappa shape index (κ3) is 1.98. The number of hydrogen-bond donors (Lipinski definition) is 1. The van der Waals surface area contributed by atoms with Gasteiger partial charge in [-0.3, -0.25) is 0 Å². The predicted molar refractivity (Wildman–Crippen MR) is 45.1 cm³/mol. The fourth-order valence-corrected chi connectivity index (χ4v) is 1.44. The van der Waals surface area contributed by atoms with E-state index >= 15 is 0 Å². The first-order valence-corrected chi connectivity index (χ1v) is 4.27. The first kappa shape index (κ1) is 8.06. The molecule has 1 nitrogen and oxygen atoms in total. The first-order valence-electron chi connectivity index (χ1n) is 4.27. The van der Waals surface area contributed by atoms with Gasteiger partial charge in [0, 0.05) is 11.6 Å². The number of nitrogens with one attached hydrogen (secondary N) is 1. The fraction of sp³-hybridized carbons (Fsp3) is 1.00. The summed E-state index contributed by atoms with van der Waals surface area (Å²) in [5, 5.41) is 3.61. The van der Waals surface area contributed by atoms with Gasteiger partial charge in [0.1, 0.15) is 0 Å². The predicted octanol–water partition coefficient (Wildman–Crippen LogP) is 2.17. The van der Waals surface area contributed by atoms with E-state index in [0.717, 1.165) is 12.0 Å². The van der Waals surface area contributed by atoms with Gasteiger partial charge in [-0.15, -0.1) is 0 Å². The van der Waals surface area contributed by atoms with Crippen LogP contribution in [0.3, 0.4) is 0 Å². The van der Waals surface area contributed by atoms with Crippen LogP contribution >= 0.6 is 0 Å². The molecule has 1 N–H and O–H groups in total. The summed E-state index contributed by atoms with van der Waals surface area (Å²) in [5.74, 6) is 0.902. The van der Waals surface area contributed by atoms with Gasteiger partial charge in [0.25, 0.3) is 0 Å². The Hall–Kier alpha value is -0.0400. The zero-order valence-corrected chi connectivity index (χ0v) is 7.57. The molecule has 0 spiro atoms. The molecule has 1 aliphatic carbocycles. The Morgan fingerprint density at radius 3 is 1.90 bits per heavy atom. The lowest BCUT2D eigenvalue weighted by molar-refractivity contribution is 0.187. The molecule has 2 atom stereocenters. The van der Waals surface area contributed by atoms with E-state index in [9.17, 15) is 0 Å². The van der Waals surface area contributed by atoms with E-state index < -0.39 is 0 Å². The molecule has 0 aliphatic heterocycles. The zero-order chi connectivity index (χ0) is 7.78. The lowest BCUT2D eigenvalue weighted by atomic mass is 9.80. The molecule has 1 aliphatic rings. The highest BCUT2D eigenvalue weighted by Crippen LogP contribution is 2.27. The van der Waals surface area contributed by atoms with Crippen LogP contribution in [0.15, 0.2) is 0 Å². The van der Waals surface area contributed by atoms with Gasteiger partial charge in [0.2, 0.25) is 0 Å². The van der Waals surface area contributed by atoms with Gasteiger partial charge in [-0.2, -0.15) is 0 Å². The molecule has 0 heterocycles. The van der Waals surface area contributed by atoms with E-state index in [2.05, 4.69) is 33.0 Å². The Bertz CT molecular complexity index is 112. The normalized spacial score (nSPS) is 33.6. The van der Waals surface area contributed by atoms with Crippen LogP contribution in [0, 0.1) is 5.92 Å². The first-order chi connectivity index (χ1) is 4.49. The van der Waals surface area contributed by atoms with Gasteiger partial charge in [-0.25, -0.2) is 0 Å². The van der Waals surface area contributed by atoms with E-state index in [0.29, 0.717) is 5.54 Å². The maximum atomic E-state index is 3.61. The molecule has 1 saturated carbocycles. The average molecular weight is 141 g/mol. The molecule has 1 heteroatoms. The van der Waals surface area contributed by atoms with Crippen LogP contribution in [-0.2, 0) is 0 Å². The fourth-order valence-electron chi connectivity index (χ4n) is 1.44. The van der Waals surface area contributed by atoms with Crippen LogP contribution in [-0.4, -0.2) is 11.6 Å². The van der Waals surface area contributed by atoms with Crippen LogP contribution in [0.5, 0.6) is 0 Å². The van der Waals surface area contributed by atoms with Gasteiger partial charge in [-0.05, 0) is 39.5 Å². The van der Waals surface area contributed by atoms with Gasteiger partial charge in [0.05, 0.1) is 0 Å². The van der Waals surface area contributed by atoms with Gasteiger partial charge >= 0.3 is 0 Å². The third-order valence-corrected chi connectivity index (χ3v) is 2.24. The third-order valence-electron chi connectivity index (χ3n) is 2.24. The summed E-state index contributed by atoms with van der Waals surface area (Å²) in [5.41, 5.74) is 0.305. The summed E-state index contributed by atoms with van der Waals surface area (Å²) < 4.78 is 0. The molecule has 0 amide bonds. The van der Waals surface area contributed by atoms with Crippen molar-refractivity contribution in [1.29, 1.82) is 0 Å². The smallest absolute Gasteiger partial charge is 0.00992 e. The molecule has 0 saturated heterocycles. The Morgan fingerprint density at radius 2 is 1.80 bits per heavy atom. The van der Waals surface area contributed by atoms with Gasteiger partial charge in [-0.1, -0.05) is 6.92 Å². The Labute approximate surface area is 64.2 Å². The average Bonchev–Trinajstić information content (AvgIpc) is 1.78. The molecule has 0 aromatic heterocycles. The summed E-state index contributed by atoms with van der Waals surface area (Å²) in [6.45, 7) is 9.03. The van der Waals surface area contributed by atoms with Crippen molar-refractivity contribution >= 4 is 0 Å². The van der Waals surface area contributed by atoms with E-state index in [-0.39, 0.29) is 0 Å². The molecule has 10 heavy (non-hydrogen) atoms. The Morgan fingerprint density at radius 1 is 1.20 bits per heavy atom. The SMILES string of the molecule is CC1CCC1NC(C)(C)C. The second kappa shape index (κ2) is 2.54. The number of hydrogen-bond acceptors (Lipinski definition) is 1. The largest absolute Gasteiger partial charge is 0.309 e. The summed E-state index contributed by atoms with van der Waals surface area (Å²) in [4.78, 5) is 0. The molecule has 1 rings (SSSR count). The zero-order valence-electron chi connectivity index (χ0n) is 7.57. The summed E-state index contributed by atoms with van der Waals surface area (Å²) >= 11 is 0. The Kier molecular flexibility index (Phi) is 2.04. The molecular weight excluding hydrogens is 122 g/mol. The minimum atomic E-state index is 0.305. The van der Waals surface area contributed by atoms with Gasteiger partial charge in [0.15, 0.2) is 0 Å². The van der Waals surface area contributed by atoms with Gasteiger partial charge < -0.3 is 5.32 Å². The summed E-state index contributed by atoms with van der Waals surface area (Å²) in [6, 6.07) is 0.792. The van der Waals surface area contributed by atoms with Crippen molar-refractivity contribution in [3.63, 3.8) is 0 Å². The topological polar surface area (TPSA) is 12.0 Å². The van der Waals surface area contributed by atoms with Crippen molar-refractivity contribution in [2.24, 2.45) is 5.92 Å². The van der Waals surface area contributed by atoms with Crippen LogP contribution in [0.2, 0.25) is 0 Å². The standard InChI is InChI=1S/C9H19N/c1-7-5-6-8(7)10-9(2,3)4/h7-8,10H,5-6H2,1-4H3. The highest BCUT2D eigenvalue weighted by atomic mass is 15.0. The molecule has 0 aromatic carbocycles. The lowest BCUT2D eigenvalue weighted by Gasteiger charge is -2.39.